The van der Waals surface area contributed by atoms with Crippen molar-refractivity contribution in [3.63, 3.8) is 0 Å². The highest BCUT2D eigenvalue weighted by Gasteiger charge is 2.60. The zero-order valence-electron chi connectivity index (χ0n) is 4.95. The molecule has 0 atom stereocenters. The van der Waals surface area contributed by atoms with Gasteiger partial charge in [0.05, 0.1) is 12.4 Å². The number of hydrogen-bond donors (Lipinski definition) is 0. The van der Waals surface area contributed by atoms with Crippen molar-refractivity contribution in [3.05, 3.63) is 22.5 Å². The molecule has 1 rings (SSSR count). The molecule has 0 bridgehead atoms. The molecular formula is C3H2F3N3O2. The van der Waals surface area contributed by atoms with Crippen LogP contribution in [0.1, 0.15) is 0 Å². The van der Waals surface area contributed by atoms with E-state index in [2.05, 4.69) is 0 Å². The molecule has 0 aliphatic carbocycles. The highest BCUT2D eigenvalue weighted by atomic mass is 19.2. The monoisotopic (exact) mass is 169 g/mol. The molecule has 0 fully saturated rings. The van der Waals surface area contributed by atoms with Crippen LogP contribution in [0.3, 0.4) is 0 Å². The van der Waals surface area contributed by atoms with E-state index in [0.29, 0.717) is 0 Å². The highest BCUT2D eigenvalue weighted by Crippen LogP contribution is 2.30. The van der Waals surface area contributed by atoms with Gasteiger partial charge in [-0.15, -0.1) is 4.39 Å². The molecular weight excluding hydrogens is 167 g/mol. The van der Waals surface area contributed by atoms with Crippen LogP contribution in [0, 0.1) is 10.1 Å². The topological polar surface area (TPSA) is 49.6 Å². The highest BCUT2D eigenvalue weighted by molar-refractivity contribution is 4.88. The fourth-order valence-corrected chi connectivity index (χ4v) is 0.554. The first-order valence-electron chi connectivity index (χ1n) is 2.41. The molecule has 0 aromatic heterocycles. The third-order valence-electron chi connectivity index (χ3n) is 1.10. The molecule has 5 nitrogen and oxygen atoms in total. The molecule has 1 heterocycles. The zero-order valence-corrected chi connectivity index (χ0v) is 4.95. The maximum absolute atomic E-state index is 12.6. The number of hydrogen-bond acceptors (Lipinski definition) is 4. The van der Waals surface area contributed by atoms with Crippen molar-refractivity contribution < 1.29 is 18.3 Å². The van der Waals surface area contributed by atoms with Crippen LogP contribution in [0.5, 0.6) is 0 Å². The Morgan fingerprint density at radius 3 is 1.91 bits per heavy atom. The molecule has 1 aliphatic heterocycles. The number of rotatable bonds is 1. The van der Waals surface area contributed by atoms with Gasteiger partial charge in [-0.05, 0) is 0 Å². The quantitative estimate of drug-likeness (QED) is 0.251. The van der Waals surface area contributed by atoms with E-state index in [-0.39, 0.29) is 12.4 Å². The lowest BCUT2D eigenvalue weighted by molar-refractivity contribution is -0.687. The van der Waals surface area contributed by atoms with Gasteiger partial charge in [-0.3, -0.25) is 10.1 Å². The standard InChI is InChI=1S/C3H2F3N3O2/c4-3(9(10)11)7(5)1-2-8(3)6/h1-2H. The van der Waals surface area contributed by atoms with Crippen LogP contribution in [0.15, 0.2) is 12.4 Å². The SMILES string of the molecule is O=[N+]([O-])C1(F)N(F)C=CN1F. The Hall–Kier alpha value is -1.47. The van der Waals surface area contributed by atoms with Crippen LogP contribution in [0.4, 0.5) is 13.4 Å². The number of halogens is 3. The van der Waals surface area contributed by atoms with Gasteiger partial charge in [-0.25, -0.2) is 0 Å². The van der Waals surface area contributed by atoms with Crippen molar-refractivity contribution >= 4 is 0 Å². The molecule has 62 valence electrons. The maximum Gasteiger partial charge on any atom is 0.588 e. The molecule has 0 unspecified atom stereocenters. The first-order valence-corrected chi connectivity index (χ1v) is 2.41. The summed E-state index contributed by atoms with van der Waals surface area (Å²) in [6, 6.07) is -3.94. The lowest BCUT2D eigenvalue weighted by Gasteiger charge is -2.17. The van der Waals surface area contributed by atoms with E-state index in [1.165, 1.54) is 0 Å². The normalized spacial score (nSPS) is 21.0. The molecule has 0 radical (unpaired) electrons. The van der Waals surface area contributed by atoms with Gasteiger partial charge in [0, 0.05) is 0 Å². The molecule has 0 N–H and O–H groups in total. The van der Waals surface area contributed by atoms with Crippen molar-refractivity contribution in [1.82, 2.24) is 10.2 Å². The van der Waals surface area contributed by atoms with Crippen LogP contribution in [0.2, 0.25) is 0 Å². The van der Waals surface area contributed by atoms with Crippen molar-refractivity contribution in [2.45, 2.75) is 6.04 Å². The van der Waals surface area contributed by atoms with E-state index in [4.69, 9.17) is 0 Å². The van der Waals surface area contributed by atoms with Crippen LogP contribution in [0.25, 0.3) is 0 Å². The van der Waals surface area contributed by atoms with E-state index in [1.54, 1.807) is 0 Å². The van der Waals surface area contributed by atoms with Crippen LogP contribution >= 0.6 is 0 Å². The molecule has 0 saturated heterocycles. The molecule has 0 saturated carbocycles. The maximum atomic E-state index is 12.6. The molecule has 8 heteroatoms. The summed E-state index contributed by atoms with van der Waals surface area (Å²) in [5.74, 6) is 0. The lowest BCUT2D eigenvalue weighted by atomic mass is 10.8. The van der Waals surface area contributed by atoms with Crippen molar-refractivity contribution in [2.75, 3.05) is 0 Å². The number of alkyl halides is 1. The fourth-order valence-electron chi connectivity index (χ4n) is 0.554. The molecule has 0 aromatic carbocycles. The van der Waals surface area contributed by atoms with Crippen molar-refractivity contribution in [3.8, 4) is 0 Å². The Balaban J connectivity index is 2.94. The van der Waals surface area contributed by atoms with Crippen LogP contribution in [-0.4, -0.2) is 21.2 Å². The van der Waals surface area contributed by atoms with Gasteiger partial charge in [0.2, 0.25) is 0 Å². The average Bonchev–Trinajstić information content (AvgIpc) is 2.18. The summed E-state index contributed by atoms with van der Waals surface area (Å²) in [5.41, 5.74) is 0. The second-order valence-corrected chi connectivity index (χ2v) is 1.73. The van der Waals surface area contributed by atoms with E-state index >= 15 is 0 Å². The number of nitro groups is 1. The summed E-state index contributed by atoms with van der Waals surface area (Å²) < 4.78 is 36.8. The van der Waals surface area contributed by atoms with Gasteiger partial charge in [0.25, 0.3) is 0 Å². The van der Waals surface area contributed by atoms with E-state index in [1.807, 2.05) is 0 Å². The minimum Gasteiger partial charge on any atom is -0.258 e. The largest absolute Gasteiger partial charge is 0.588 e. The van der Waals surface area contributed by atoms with Crippen molar-refractivity contribution in [1.29, 1.82) is 0 Å². The minimum atomic E-state index is -3.94. The summed E-state index contributed by atoms with van der Waals surface area (Å²) in [5, 5.41) is 7.81. The summed E-state index contributed by atoms with van der Waals surface area (Å²) in [6.45, 7) is 0. The second-order valence-electron chi connectivity index (χ2n) is 1.73. The third kappa shape index (κ3) is 0.785. The van der Waals surface area contributed by atoms with Gasteiger partial charge in [-0.2, -0.15) is 0 Å². The Bertz CT molecular complexity index is 208. The molecule has 0 aromatic rings. The smallest absolute Gasteiger partial charge is 0.258 e. The Kier molecular flexibility index (Phi) is 1.39. The molecule has 0 spiro atoms. The molecule has 11 heavy (non-hydrogen) atoms. The average molecular weight is 169 g/mol. The van der Waals surface area contributed by atoms with E-state index in [9.17, 15) is 23.5 Å². The first kappa shape index (κ1) is 7.63. The Labute approximate surface area is 58.3 Å². The van der Waals surface area contributed by atoms with E-state index in [0.717, 1.165) is 0 Å². The van der Waals surface area contributed by atoms with Crippen molar-refractivity contribution in [2.24, 2.45) is 0 Å². The lowest BCUT2D eigenvalue weighted by Crippen LogP contribution is -2.49. The molecule has 1 aliphatic rings. The van der Waals surface area contributed by atoms with Gasteiger partial charge in [0.15, 0.2) is 0 Å². The predicted octanol–water partition coefficient (Wildman–Crippen LogP) is 0.702. The first-order chi connectivity index (χ1) is 4.99. The third-order valence-corrected chi connectivity index (χ3v) is 1.10. The summed E-state index contributed by atoms with van der Waals surface area (Å²) in [7, 11) is 0. The minimum absolute atomic E-state index is 0.267. The van der Waals surface area contributed by atoms with Gasteiger partial charge in [-0.1, -0.05) is 19.2 Å². The Morgan fingerprint density at radius 1 is 1.36 bits per heavy atom. The number of nitrogens with zero attached hydrogens (tertiary/aromatic N) is 3. The predicted molar refractivity (Wildman–Crippen MR) is 25.9 cm³/mol. The zero-order chi connectivity index (χ0) is 8.65. The second kappa shape index (κ2) is 2.01. The van der Waals surface area contributed by atoms with Crippen LogP contribution in [-0.2, 0) is 0 Å². The molecule has 0 amide bonds. The van der Waals surface area contributed by atoms with Gasteiger partial charge in [0.1, 0.15) is 4.92 Å². The van der Waals surface area contributed by atoms with Crippen LogP contribution < -0.4 is 0 Å². The Morgan fingerprint density at radius 2 is 1.73 bits per heavy atom. The summed E-state index contributed by atoms with van der Waals surface area (Å²) in [4.78, 5) is 8.04. The summed E-state index contributed by atoms with van der Waals surface area (Å²) in [6.07, 6.45) is 0.533. The summed E-state index contributed by atoms with van der Waals surface area (Å²) >= 11 is 0. The van der Waals surface area contributed by atoms with Gasteiger partial charge >= 0.3 is 6.04 Å². The van der Waals surface area contributed by atoms with E-state index < -0.39 is 21.2 Å². The van der Waals surface area contributed by atoms with Gasteiger partial charge < -0.3 is 0 Å². The fraction of sp³-hybridized carbons (Fsp3) is 0.333.